The van der Waals surface area contributed by atoms with Gasteiger partial charge in [0.05, 0.1) is 5.41 Å². The van der Waals surface area contributed by atoms with Crippen LogP contribution in [0.4, 0.5) is 0 Å². The molecule has 4 nitrogen and oxygen atoms in total. The number of aryl methyl sites for hydroxylation is 1. The number of carboxylic acid groups (broad SMARTS) is 1. The Labute approximate surface area is 119 Å². The molecule has 3 rings (SSSR count). The number of nitrogens with one attached hydrogen (secondary N) is 1. The van der Waals surface area contributed by atoms with Gasteiger partial charge >= 0.3 is 5.97 Å². The van der Waals surface area contributed by atoms with E-state index < -0.39 is 11.4 Å². The summed E-state index contributed by atoms with van der Waals surface area (Å²) in [6, 6.07) is 6.47. The van der Waals surface area contributed by atoms with Gasteiger partial charge in [-0.1, -0.05) is 18.6 Å². The third-order valence-corrected chi connectivity index (χ3v) is 4.62. The number of aliphatic carboxylic acids is 1. The molecule has 108 valence electrons. The second-order valence-electron chi connectivity index (χ2n) is 6.14. The third-order valence-electron chi connectivity index (χ3n) is 4.62. The molecule has 2 aliphatic rings. The van der Waals surface area contributed by atoms with Gasteiger partial charge in [0.25, 0.3) is 0 Å². The van der Waals surface area contributed by atoms with Gasteiger partial charge in [0.15, 0.2) is 0 Å². The molecule has 20 heavy (non-hydrogen) atoms. The maximum atomic E-state index is 11.3. The van der Waals surface area contributed by atoms with E-state index in [4.69, 9.17) is 4.74 Å². The lowest BCUT2D eigenvalue weighted by molar-refractivity contribution is -0.154. The van der Waals surface area contributed by atoms with E-state index in [1.807, 2.05) is 0 Å². The van der Waals surface area contributed by atoms with E-state index in [0.717, 1.165) is 31.4 Å². The molecule has 0 saturated heterocycles. The van der Waals surface area contributed by atoms with E-state index >= 15 is 0 Å². The van der Waals surface area contributed by atoms with E-state index in [1.165, 1.54) is 11.1 Å². The van der Waals surface area contributed by atoms with Gasteiger partial charge in [-0.3, -0.25) is 4.79 Å². The topological polar surface area (TPSA) is 58.6 Å². The molecule has 1 aromatic rings. The minimum atomic E-state index is -0.663. The lowest BCUT2D eigenvalue weighted by Gasteiger charge is -2.39. The first-order chi connectivity index (χ1) is 9.59. The second-order valence-corrected chi connectivity index (χ2v) is 6.14. The molecular weight excluding hydrogens is 254 g/mol. The molecular formula is C16H21NO3. The number of benzene rings is 1. The van der Waals surface area contributed by atoms with Crippen LogP contribution >= 0.6 is 0 Å². The van der Waals surface area contributed by atoms with Crippen molar-refractivity contribution in [2.45, 2.75) is 38.6 Å². The monoisotopic (exact) mass is 275 g/mol. The van der Waals surface area contributed by atoms with Crippen molar-refractivity contribution in [3.63, 3.8) is 0 Å². The summed E-state index contributed by atoms with van der Waals surface area (Å²) in [6.07, 6.45) is 3.51. The van der Waals surface area contributed by atoms with Crippen LogP contribution in [-0.2, 0) is 11.2 Å². The van der Waals surface area contributed by atoms with Gasteiger partial charge in [0.2, 0.25) is 0 Å². The van der Waals surface area contributed by atoms with E-state index in [0.29, 0.717) is 13.2 Å². The van der Waals surface area contributed by atoms with Gasteiger partial charge in [0.1, 0.15) is 12.4 Å². The highest BCUT2D eigenvalue weighted by Gasteiger charge is 2.44. The molecule has 1 heterocycles. The second kappa shape index (κ2) is 5.09. The number of rotatable bonds is 4. The summed E-state index contributed by atoms with van der Waals surface area (Å²) in [5, 5.41) is 12.7. The van der Waals surface area contributed by atoms with E-state index in [-0.39, 0.29) is 6.04 Å². The lowest BCUT2D eigenvalue weighted by Crippen LogP contribution is -2.51. The SMILES string of the molecule is Cc1ccc2c(c1)OCC(NCC1(C(=O)O)CCC1)C2. The Bertz CT molecular complexity index is 522. The Morgan fingerprint density at radius 2 is 2.30 bits per heavy atom. The van der Waals surface area contributed by atoms with Crippen LogP contribution in [0.5, 0.6) is 5.75 Å². The van der Waals surface area contributed by atoms with E-state index in [1.54, 1.807) is 0 Å². The summed E-state index contributed by atoms with van der Waals surface area (Å²) in [4.78, 5) is 11.3. The Morgan fingerprint density at radius 1 is 1.50 bits per heavy atom. The van der Waals surface area contributed by atoms with Gasteiger partial charge < -0.3 is 15.2 Å². The number of fused-ring (bicyclic) bond motifs is 1. The summed E-state index contributed by atoms with van der Waals surface area (Å²) >= 11 is 0. The fraction of sp³-hybridized carbons (Fsp3) is 0.562. The summed E-state index contributed by atoms with van der Waals surface area (Å²) < 4.78 is 5.78. The zero-order valence-electron chi connectivity index (χ0n) is 11.8. The number of carboxylic acids is 1. The van der Waals surface area contributed by atoms with Crippen molar-refractivity contribution in [2.75, 3.05) is 13.2 Å². The molecule has 1 aliphatic carbocycles. The average Bonchev–Trinajstić information content (AvgIpc) is 2.37. The van der Waals surface area contributed by atoms with Gasteiger partial charge in [0, 0.05) is 12.6 Å². The van der Waals surface area contributed by atoms with Crippen molar-refractivity contribution in [1.82, 2.24) is 5.32 Å². The van der Waals surface area contributed by atoms with E-state index in [2.05, 4.69) is 30.4 Å². The predicted octanol–water partition coefficient (Wildman–Crippen LogP) is 2.14. The number of ether oxygens (including phenoxy) is 1. The fourth-order valence-corrected chi connectivity index (χ4v) is 3.02. The van der Waals surface area contributed by atoms with Gasteiger partial charge in [-0.15, -0.1) is 0 Å². The van der Waals surface area contributed by atoms with Crippen LogP contribution in [0.2, 0.25) is 0 Å². The maximum absolute atomic E-state index is 11.3. The molecule has 2 N–H and O–H groups in total. The van der Waals surface area contributed by atoms with Crippen molar-refractivity contribution in [2.24, 2.45) is 5.41 Å². The van der Waals surface area contributed by atoms with Crippen LogP contribution < -0.4 is 10.1 Å². The highest BCUT2D eigenvalue weighted by Crippen LogP contribution is 2.40. The van der Waals surface area contributed by atoms with Crippen LogP contribution in [0.25, 0.3) is 0 Å². The zero-order chi connectivity index (χ0) is 14.2. The van der Waals surface area contributed by atoms with Crippen LogP contribution in [-0.4, -0.2) is 30.3 Å². The van der Waals surface area contributed by atoms with Crippen molar-refractivity contribution in [3.8, 4) is 5.75 Å². The Kier molecular flexibility index (Phi) is 3.42. The Hall–Kier alpha value is -1.55. The standard InChI is InChI=1S/C16H21NO3/c1-11-3-4-12-8-13(9-20-14(12)7-11)17-10-16(15(18)19)5-2-6-16/h3-4,7,13,17H,2,5-6,8-10H2,1H3,(H,18,19). The van der Waals surface area contributed by atoms with Crippen molar-refractivity contribution >= 4 is 5.97 Å². The molecule has 0 spiro atoms. The van der Waals surface area contributed by atoms with Crippen LogP contribution in [0, 0.1) is 12.3 Å². The van der Waals surface area contributed by atoms with Crippen molar-refractivity contribution in [3.05, 3.63) is 29.3 Å². The Morgan fingerprint density at radius 3 is 2.95 bits per heavy atom. The maximum Gasteiger partial charge on any atom is 0.310 e. The van der Waals surface area contributed by atoms with E-state index in [9.17, 15) is 9.90 Å². The Balaban J connectivity index is 1.60. The number of hydrogen-bond acceptors (Lipinski definition) is 3. The third kappa shape index (κ3) is 2.40. The average molecular weight is 275 g/mol. The highest BCUT2D eigenvalue weighted by atomic mass is 16.5. The molecule has 1 unspecified atom stereocenters. The van der Waals surface area contributed by atoms with Crippen molar-refractivity contribution < 1.29 is 14.6 Å². The first kappa shape index (κ1) is 13.4. The molecule has 1 fully saturated rings. The molecule has 0 amide bonds. The smallest absolute Gasteiger partial charge is 0.310 e. The normalized spacial score (nSPS) is 23.4. The summed E-state index contributed by atoms with van der Waals surface area (Å²) in [6.45, 7) is 3.23. The molecule has 1 aromatic carbocycles. The summed E-state index contributed by atoms with van der Waals surface area (Å²) in [5.41, 5.74) is 1.87. The number of carbonyl (C=O) groups is 1. The summed E-state index contributed by atoms with van der Waals surface area (Å²) in [7, 11) is 0. The highest BCUT2D eigenvalue weighted by molar-refractivity contribution is 5.76. The minimum absolute atomic E-state index is 0.210. The first-order valence-corrected chi connectivity index (χ1v) is 7.28. The molecule has 1 aliphatic heterocycles. The molecule has 1 saturated carbocycles. The van der Waals surface area contributed by atoms with Gasteiger partial charge in [-0.25, -0.2) is 0 Å². The summed E-state index contributed by atoms with van der Waals surface area (Å²) in [5.74, 6) is 0.309. The molecule has 0 bridgehead atoms. The molecule has 0 radical (unpaired) electrons. The minimum Gasteiger partial charge on any atom is -0.492 e. The molecule has 1 atom stereocenters. The largest absolute Gasteiger partial charge is 0.492 e. The van der Waals surface area contributed by atoms with Crippen LogP contribution in [0.15, 0.2) is 18.2 Å². The predicted molar refractivity (Wildman–Crippen MR) is 76.1 cm³/mol. The lowest BCUT2D eigenvalue weighted by atomic mass is 9.68. The number of hydrogen-bond donors (Lipinski definition) is 2. The quantitative estimate of drug-likeness (QED) is 0.884. The van der Waals surface area contributed by atoms with Crippen LogP contribution in [0.3, 0.4) is 0 Å². The molecule has 0 aromatic heterocycles. The van der Waals surface area contributed by atoms with Gasteiger partial charge in [-0.05, 0) is 43.4 Å². The van der Waals surface area contributed by atoms with Crippen LogP contribution in [0.1, 0.15) is 30.4 Å². The first-order valence-electron chi connectivity index (χ1n) is 7.28. The zero-order valence-corrected chi connectivity index (χ0v) is 11.8. The molecule has 4 heteroatoms. The van der Waals surface area contributed by atoms with Gasteiger partial charge in [-0.2, -0.15) is 0 Å². The fourth-order valence-electron chi connectivity index (χ4n) is 3.02. The van der Waals surface area contributed by atoms with Crippen molar-refractivity contribution in [1.29, 1.82) is 0 Å².